The zero-order chi connectivity index (χ0) is 14.4. The van der Waals surface area contributed by atoms with E-state index >= 15 is 0 Å². The first-order valence-corrected chi connectivity index (χ1v) is 7.70. The Morgan fingerprint density at radius 3 is 2.85 bits per heavy atom. The van der Waals surface area contributed by atoms with Gasteiger partial charge in [0.05, 0.1) is 20.3 Å². The van der Waals surface area contributed by atoms with Crippen LogP contribution in [0.25, 0.3) is 0 Å². The normalized spacial score (nSPS) is 18.4. The number of carbonyl (C=O) groups excluding carboxylic acids is 1. The monoisotopic (exact) mass is 296 g/mol. The van der Waals surface area contributed by atoms with Gasteiger partial charge in [0, 0.05) is 24.6 Å². The van der Waals surface area contributed by atoms with Crippen LogP contribution in [0.3, 0.4) is 0 Å². The molecule has 1 fully saturated rings. The molecule has 1 aromatic carbocycles. The van der Waals surface area contributed by atoms with Crippen LogP contribution < -0.4 is 20.1 Å². The number of rotatable bonds is 5. The Kier molecular flexibility index (Phi) is 5.55. The first-order chi connectivity index (χ1) is 9.74. The largest absolute Gasteiger partial charge is 0.493 e. The van der Waals surface area contributed by atoms with Crippen LogP contribution in [0, 0.1) is 0 Å². The molecule has 1 amide bonds. The summed E-state index contributed by atoms with van der Waals surface area (Å²) in [6, 6.07) is 5.55. The molecule has 1 heterocycles. The highest BCUT2D eigenvalue weighted by Crippen LogP contribution is 2.27. The van der Waals surface area contributed by atoms with E-state index in [0.717, 1.165) is 23.6 Å². The van der Waals surface area contributed by atoms with Crippen LogP contribution in [0.5, 0.6) is 11.5 Å². The number of hydrogen-bond donors (Lipinski definition) is 2. The summed E-state index contributed by atoms with van der Waals surface area (Å²) >= 11 is 1.80. The summed E-state index contributed by atoms with van der Waals surface area (Å²) in [6.45, 7) is 1.38. The number of benzene rings is 1. The second kappa shape index (κ2) is 7.40. The molecule has 1 atom stereocenters. The Morgan fingerprint density at radius 2 is 2.20 bits per heavy atom. The molecular formula is C14H20N2O3S. The lowest BCUT2D eigenvalue weighted by Gasteiger charge is -2.22. The van der Waals surface area contributed by atoms with Crippen molar-refractivity contribution in [1.29, 1.82) is 0 Å². The van der Waals surface area contributed by atoms with Crippen molar-refractivity contribution in [3.8, 4) is 11.5 Å². The Hall–Kier alpha value is -1.40. The minimum atomic E-state index is -0.0890. The molecule has 1 saturated heterocycles. The van der Waals surface area contributed by atoms with Gasteiger partial charge in [-0.05, 0) is 17.7 Å². The molecule has 2 rings (SSSR count). The van der Waals surface area contributed by atoms with Gasteiger partial charge >= 0.3 is 0 Å². The lowest BCUT2D eigenvalue weighted by atomic mass is 10.2. The van der Waals surface area contributed by atoms with Crippen molar-refractivity contribution >= 4 is 17.7 Å². The molecule has 1 aliphatic rings. The third kappa shape index (κ3) is 3.80. The van der Waals surface area contributed by atoms with Crippen molar-refractivity contribution in [1.82, 2.24) is 10.6 Å². The standard InChI is InChI=1S/C14H20N2O3S/c1-18-12-4-3-10(7-13(12)19-2)8-16-14(17)11-9-20-6-5-15-11/h3-4,7,11,15H,5-6,8-9H2,1-2H3,(H,16,17). The molecule has 20 heavy (non-hydrogen) atoms. The SMILES string of the molecule is COc1ccc(CNC(=O)C2CSCCN2)cc1OC. The first-order valence-electron chi connectivity index (χ1n) is 6.54. The number of methoxy groups -OCH3 is 2. The Labute approximate surface area is 123 Å². The molecule has 1 unspecified atom stereocenters. The highest BCUT2D eigenvalue weighted by atomic mass is 32.2. The average Bonchev–Trinajstić information content (AvgIpc) is 2.53. The van der Waals surface area contributed by atoms with Gasteiger partial charge in [-0.2, -0.15) is 11.8 Å². The second-order valence-corrected chi connectivity index (χ2v) is 5.64. The van der Waals surface area contributed by atoms with E-state index < -0.39 is 0 Å². The summed E-state index contributed by atoms with van der Waals surface area (Å²) in [5, 5.41) is 6.16. The van der Waals surface area contributed by atoms with Gasteiger partial charge in [-0.1, -0.05) is 6.07 Å². The molecule has 0 spiro atoms. The van der Waals surface area contributed by atoms with E-state index in [0.29, 0.717) is 18.0 Å². The van der Waals surface area contributed by atoms with Gasteiger partial charge in [-0.3, -0.25) is 4.79 Å². The highest BCUT2D eigenvalue weighted by molar-refractivity contribution is 7.99. The van der Waals surface area contributed by atoms with E-state index in [4.69, 9.17) is 9.47 Å². The van der Waals surface area contributed by atoms with Gasteiger partial charge in [0.2, 0.25) is 5.91 Å². The number of nitrogens with one attached hydrogen (secondary N) is 2. The fraction of sp³-hybridized carbons (Fsp3) is 0.500. The summed E-state index contributed by atoms with van der Waals surface area (Å²) in [4.78, 5) is 12.0. The van der Waals surface area contributed by atoms with Gasteiger partial charge < -0.3 is 20.1 Å². The number of thioether (sulfide) groups is 1. The van der Waals surface area contributed by atoms with Crippen molar-refractivity contribution in [2.45, 2.75) is 12.6 Å². The van der Waals surface area contributed by atoms with E-state index in [2.05, 4.69) is 10.6 Å². The maximum absolute atomic E-state index is 12.0. The Balaban J connectivity index is 1.91. The van der Waals surface area contributed by atoms with Crippen molar-refractivity contribution in [2.24, 2.45) is 0 Å². The smallest absolute Gasteiger partial charge is 0.238 e. The van der Waals surface area contributed by atoms with Crippen molar-refractivity contribution in [2.75, 3.05) is 32.3 Å². The number of amides is 1. The molecular weight excluding hydrogens is 276 g/mol. The molecule has 110 valence electrons. The Morgan fingerprint density at radius 1 is 1.40 bits per heavy atom. The van der Waals surface area contributed by atoms with Crippen LogP contribution in [0.4, 0.5) is 0 Å². The van der Waals surface area contributed by atoms with Crippen LogP contribution in [-0.4, -0.2) is 44.2 Å². The van der Waals surface area contributed by atoms with Crippen LogP contribution in [-0.2, 0) is 11.3 Å². The predicted molar refractivity (Wildman–Crippen MR) is 80.5 cm³/mol. The topological polar surface area (TPSA) is 59.6 Å². The highest BCUT2D eigenvalue weighted by Gasteiger charge is 2.20. The van der Waals surface area contributed by atoms with Crippen LogP contribution in [0.2, 0.25) is 0 Å². The molecule has 1 aliphatic heterocycles. The number of carbonyl (C=O) groups is 1. The molecule has 2 N–H and O–H groups in total. The molecule has 5 nitrogen and oxygen atoms in total. The molecule has 0 bridgehead atoms. The maximum Gasteiger partial charge on any atom is 0.238 e. The molecule has 0 radical (unpaired) electrons. The van der Waals surface area contributed by atoms with E-state index in [1.54, 1.807) is 26.0 Å². The molecule has 6 heteroatoms. The van der Waals surface area contributed by atoms with Crippen molar-refractivity contribution < 1.29 is 14.3 Å². The van der Waals surface area contributed by atoms with E-state index in [1.165, 1.54) is 0 Å². The first kappa shape index (κ1) is 15.0. The third-order valence-electron chi connectivity index (χ3n) is 3.15. The summed E-state index contributed by atoms with van der Waals surface area (Å²) < 4.78 is 10.4. The zero-order valence-corrected chi connectivity index (χ0v) is 12.6. The summed E-state index contributed by atoms with van der Waals surface area (Å²) in [5.41, 5.74) is 0.986. The van der Waals surface area contributed by atoms with E-state index in [9.17, 15) is 4.79 Å². The molecule has 0 aliphatic carbocycles. The minimum absolute atomic E-state index is 0.0481. The van der Waals surface area contributed by atoms with E-state index in [-0.39, 0.29) is 11.9 Å². The lowest BCUT2D eigenvalue weighted by molar-refractivity contribution is -0.122. The van der Waals surface area contributed by atoms with Gasteiger partial charge in [-0.15, -0.1) is 0 Å². The van der Waals surface area contributed by atoms with Gasteiger partial charge in [0.25, 0.3) is 0 Å². The maximum atomic E-state index is 12.0. The summed E-state index contributed by atoms with van der Waals surface area (Å²) in [5.74, 6) is 3.31. The summed E-state index contributed by atoms with van der Waals surface area (Å²) in [7, 11) is 3.20. The number of hydrogen-bond acceptors (Lipinski definition) is 5. The van der Waals surface area contributed by atoms with Crippen LogP contribution in [0.15, 0.2) is 18.2 Å². The van der Waals surface area contributed by atoms with Gasteiger partial charge in [-0.25, -0.2) is 0 Å². The lowest BCUT2D eigenvalue weighted by Crippen LogP contribution is -2.48. The molecule has 0 saturated carbocycles. The van der Waals surface area contributed by atoms with Gasteiger partial charge in [0.1, 0.15) is 0 Å². The molecule has 0 aromatic heterocycles. The van der Waals surface area contributed by atoms with Crippen LogP contribution in [0.1, 0.15) is 5.56 Å². The summed E-state index contributed by atoms with van der Waals surface area (Å²) in [6.07, 6.45) is 0. The Bertz CT molecular complexity index is 462. The minimum Gasteiger partial charge on any atom is -0.493 e. The second-order valence-electron chi connectivity index (χ2n) is 4.49. The third-order valence-corrected chi connectivity index (χ3v) is 4.21. The van der Waals surface area contributed by atoms with Crippen molar-refractivity contribution in [3.63, 3.8) is 0 Å². The quantitative estimate of drug-likeness (QED) is 0.850. The van der Waals surface area contributed by atoms with E-state index in [1.807, 2.05) is 18.2 Å². The fourth-order valence-electron chi connectivity index (χ4n) is 2.04. The van der Waals surface area contributed by atoms with Crippen LogP contribution >= 0.6 is 11.8 Å². The van der Waals surface area contributed by atoms with Crippen molar-refractivity contribution in [3.05, 3.63) is 23.8 Å². The average molecular weight is 296 g/mol. The molecule has 1 aromatic rings. The van der Waals surface area contributed by atoms with Gasteiger partial charge in [0.15, 0.2) is 11.5 Å². The predicted octanol–water partition coefficient (Wildman–Crippen LogP) is 1.02. The fourth-order valence-corrected chi connectivity index (χ4v) is 2.97. The number of ether oxygens (including phenoxy) is 2. The zero-order valence-electron chi connectivity index (χ0n) is 11.8.